The highest BCUT2D eigenvalue weighted by Gasteiger charge is 2.11. The van der Waals surface area contributed by atoms with E-state index in [4.69, 9.17) is 22.1 Å². The first-order valence-electron chi connectivity index (χ1n) is 6.66. The summed E-state index contributed by atoms with van der Waals surface area (Å²) in [4.78, 5) is 0. The van der Waals surface area contributed by atoms with Crippen LogP contribution in [0.2, 0.25) is 5.02 Å². The van der Waals surface area contributed by atoms with Crippen molar-refractivity contribution >= 4 is 11.6 Å². The van der Waals surface area contributed by atoms with Gasteiger partial charge in [-0.1, -0.05) is 41.4 Å². The molecule has 2 aromatic carbocycles. The predicted molar refractivity (Wildman–Crippen MR) is 84.6 cm³/mol. The number of hydrogen-bond acceptors (Lipinski definition) is 2. The van der Waals surface area contributed by atoms with Crippen LogP contribution in [-0.2, 0) is 6.42 Å². The Kier molecular flexibility index (Phi) is 4.69. The minimum atomic E-state index is -0.0679. The molecule has 0 bridgehead atoms. The number of halogens is 1. The molecule has 1 atom stereocenters. The van der Waals surface area contributed by atoms with Crippen LogP contribution in [0.5, 0.6) is 5.75 Å². The minimum absolute atomic E-state index is 0.0679. The summed E-state index contributed by atoms with van der Waals surface area (Å²) in [6.45, 7) is 4.21. The van der Waals surface area contributed by atoms with E-state index in [0.29, 0.717) is 10.8 Å². The van der Waals surface area contributed by atoms with E-state index in [2.05, 4.69) is 32.0 Å². The molecule has 0 heterocycles. The van der Waals surface area contributed by atoms with E-state index in [9.17, 15) is 0 Å². The van der Waals surface area contributed by atoms with Gasteiger partial charge in [-0.3, -0.25) is 0 Å². The average Bonchev–Trinajstić information content (AvgIpc) is 2.43. The van der Waals surface area contributed by atoms with Gasteiger partial charge in [0, 0.05) is 6.04 Å². The molecule has 2 aromatic rings. The molecule has 2 rings (SSSR count). The summed E-state index contributed by atoms with van der Waals surface area (Å²) in [6.07, 6.45) is 0.804. The van der Waals surface area contributed by atoms with Gasteiger partial charge in [-0.05, 0) is 49.1 Å². The Hall–Kier alpha value is -1.51. The lowest BCUT2D eigenvalue weighted by Crippen LogP contribution is -2.14. The van der Waals surface area contributed by atoms with Crippen molar-refractivity contribution in [3.8, 4) is 5.75 Å². The van der Waals surface area contributed by atoms with Gasteiger partial charge in [0.15, 0.2) is 0 Å². The van der Waals surface area contributed by atoms with Gasteiger partial charge < -0.3 is 10.5 Å². The van der Waals surface area contributed by atoms with Gasteiger partial charge in [0.1, 0.15) is 5.75 Å². The molecule has 0 fully saturated rings. The number of aryl methyl sites for hydroxylation is 2. The summed E-state index contributed by atoms with van der Waals surface area (Å²) in [6, 6.07) is 12.1. The van der Waals surface area contributed by atoms with Crippen LogP contribution < -0.4 is 10.5 Å². The second-order valence-electron chi connectivity index (χ2n) is 5.13. The summed E-state index contributed by atoms with van der Waals surface area (Å²) in [5.41, 5.74) is 11.2. The van der Waals surface area contributed by atoms with Gasteiger partial charge in [-0.2, -0.15) is 0 Å². The fraction of sp³-hybridized carbons (Fsp3) is 0.294. The van der Waals surface area contributed by atoms with Crippen LogP contribution in [0.3, 0.4) is 0 Å². The van der Waals surface area contributed by atoms with Crippen molar-refractivity contribution in [2.75, 3.05) is 7.11 Å². The van der Waals surface area contributed by atoms with Crippen LogP contribution >= 0.6 is 11.6 Å². The van der Waals surface area contributed by atoms with Crippen molar-refractivity contribution in [1.82, 2.24) is 0 Å². The molecule has 0 amide bonds. The van der Waals surface area contributed by atoms with Crippen molar-refractivity contribution < 1.29 is 4.74 Å². The van der Waals surface area contributed by atoms with Gasteiger partial charge in [-0.25, -0.2) is 0 Å². The van der Waals surface area contributed by atoms with Crippen molar-refractivity contribution in [1.29, 1.82) is 0 Å². The van der Waals surface area contributed by atoms with Crippen molar-refractivity contribution in [3.05, 3.63) is 63.7 Å². The smallest absolute Gasteiger partial charge is 0.137 e. The SMILES string of the molecule is COc1cc(C(N)Cc2cc(C)ccc2C)ccc1Cl. The van der Waals surface area contributed by atoms with Crippen molar-refractivity contribution in [2.45, 2.75) is 26.3 Å². The number of rotatable bonds is 4. The first kappa shape index (κ1) is 14.9. The molecule has 3 heteroatoms. The average molecular weight is 290 g/mol. The molecule has 0 aromatic heterocycles. The zero-order chi connectivity index (χ0) is 14.7. The summed E-state index contributed by atoms with van der Waals surface area (Å²) in [5.74, 6) is 0.667. The maximum absolute atomic E-state index is 6.32. The second kappa shape index (κ2) is 6.29. The third-order valence-electron chi connectivity index (χ3n) is 3.55. The zero-order valence-electron chi connectivity index (χ0n) is 12.1. The van der Waals surface area contributed by atoms with E-state index in [0.717, 1.165) is 12.0 Å². The molecular formula is C17H20ClNO. The molecule has 0 aliphatic carbocycles. The van der Waals surface area contributed by atoms with Gasteiger partial charge in [0.05, 0.1) is 12.1 Å². The molecule has 0 radical (unpaired) electrons. The van der Waals surface area contributed by atoms with Gasteiger partial charge in [0.25, 0.3) is 0 Å². The number of ether oxygens (including phenoxy) is 1. The minimum Gasteiger partial charge on any atom is -0.495 e. The number of nitrogens with two attached hydrogens (primary N) is 1. The van der Waals surface area contributed by atoms with E-state index in [-0.39, 0.29) is 6.04 Å². The Labute approximate surface area is 125 Å². The van der Waals surface area contributed by atoms with E-state index >= 15 is 0 Å². The lowest BCUT2D eigenvalue weighted by molar-refractivity contribution is 0.414. The van der Waals surface area contributed by atoms with E-state index in [1.807, 2.05) is 18.2 Å². The first-order valence-corrected chi connectivity index (χ1v) is 7.04. The molecule has 1 unspecified atom stereocenters. The molecule has 0 spiro atoms. The van der Waals surface area contributed by atoms with Crippen LogP contribution in [0.15, 0.2) is 36.4 Å². The molecule has 0 aliphatic rings. The van der Waals surface area contributed by atoms with Crippen LogP contribution in [-0.4, -0.2) is 7.11 Å². The normalized spacial score (nSPS) is 12.2. The molecular weight excluding hydrogens is 270 g/mol. The van der Waals surface area contributed by atoms with Crippen LogP contribution in [0, 0.1) is 13.8 Å². The molecule has 0 aliphatic heterocycles. The van der Waals surface area contributed by atoms with Crippen LogP contribution in [0.25, 0.3) is 0 Å². The molecule has 2 N–H and O–H groups in total. The molecule has 20 heavy (non-hydrogen) atoms. The Morgan fingerprint density at radius 2 is 1.90 bits per heavy atom. The summed E-state index contributed by atoms with van der Waals surface area (Å²) >= 11 is 6.04. The monoisotopic (exact) mass is 289 g/mol. The third kappa shape index (κ3) is 3.33. The Balaban J connectivity index is 2.23. The van der Waals surface area contributed by atoms with Gasteiger partial charge in [0.2, 0.25) is 0 Å². The van der Waals surface area contributed by atoms with E-state index < -0.39 is 0 Å². The zero-order valence-corrected chi connectivity index (χ0v) is 12.9. The predicted octanol–water partition coefficient (Wildman–Crippen LogP) is 4.21. The number of benzene rings is 2. The Morgan fingerprint density at radius 1 is 1.15 bits per heavy atom. The largest absolute Gasteiger partial charge is 0.495 e. The highest BCUT2D eigenvalue weighted by Crippen LogP contribution is 2.28. The van der Waals surface area contributed by atoms with Crippen LogP contribution in [0.1, 0.15) is 28.3 Å². The fourth-order valence-corrected chi connectivity index (χ4v) is 2.48. The lowest BCUT2D eigenvalue weighted by atomic mass is 9.95. The second-order valence-corrected chi connectivity index (χ2v) is 5.54. The van der Waals surface area contributed by atoms with Crippen LogP contribution in [0.4, 0.5) is 0 Å². The number of hydrogen-bond donors (Lipinski definition) is 1. The fourth-order valence-electron chi connectivity index (χ4n) is 2.28. The van der Waals surface area contributed by atoms with Gasteiger partial charge in [-0.15, -0.1) is 0 Å². The molecule has 106 valence electrons. The summed E-state index contributed by atoms with van der Waals surface area (Å²) in [5, 5.41) is 0.607. The molecule has 0 saturated heterocycles. The Morgan fingerprint density at radius 3 is 2.60 bits per heavy atom. The van der Waals surface area contributed by atoms with Crippen molar-refractivity contribution in [3.63, 3.8) is 0 Å². The quantitative estimate of drug-likeness (QED) is 0.915. The lowest BCUT2D eigenvalue weighted by Gasteiger charge is -2.16. The highest BCUT2D eigenvalue weighted by molar-refractivity contribution is 6.32. The standard InChI is InChI=1S/C17H20ClNO/c1-11-4-5-12(2)14(8-11)9-16(19)13-6-7-15(18)17(10-13)20-3/h4-8,10,16H,9,19H2,1-3H3. The third-order valence-corrected chi connectivity index (χ3v) is 3.86. The van der Waals surface area contributed by atoms with E-state index in [1.54, 1.807) is 7.11 Å². The summed E-state index contributed by atoms with van der Waals surface area (Å²) < 4.78 is 5.24. The highest BCUT2D eigenvalue weighted by atomic mass is 35.5. The first-order chi connectivity index (χ1) is 9.51. The van der Waals surface area contributed by atoms with Gasteiger partial charge >= 0.3 is 0 Å². The van der Waals surface area contributed by atoms with E-state index in [1.165, 1.54) is 16.7 Å². The summed E-state index contributed by atoms with van der Waals surface area (Å²) in [7, 11) is 1.61. The number of methoxy groups -OCH3 is 1. The Bertz CT molecular complexity index is 610. The topological polar surface area (TPSA) is 35.2 Å². The maximum Gasteiger partial charge on any atom is 0.137 e. The molecule has 2 nitrogen and oxygen atoms in total. The molecule has 0 saturated carbocycles. The maximum atomic E-state index is 6.32. The van der Waals surface area contributed by atoms with Crippen molar-refractivity contribution in [2.24, 2.45) is 5.73 Å².